The van der Waals surface area contributed by atoms with Crippen LogP contribution in [0.2, 0.25) is 0 Å². The van der Waals surface area contributed by atoms with E-state index in [2.05, 4.69) is 26.3 Å². The lowest BCUT2D eigenvalue weighted by atomic mass is 10.0. The van der Waals surface area contributed by atoms with Crippen LogP contribution in [-0.4, -0.2) is 26.8 Å². The van der Waals surface area contributed by atoms with Crippen molar-refractivity contribution in [3.05, 3.63) is 52.3 Å². The molecule has 1 atom stereocenters. The first-order valence-corrected chi connectivity index (χ1v) is 7.59. The highest BCUT2D eigenvalue weighted by Crippen LogP contribution is 2.21. The average molecular weight is 366 g/mol. The van der Waals surface area contributed by atoms with Crippen LogP contribution < -0.4 is 5.32 Å². The molecule has 0 aliphatic rings. The van der Waals surface area contributed by atoms with Crippen LogP contribution in [0.3, 0.4) is 0 Å². The number of halogens is 1. The molecule has 0 saturated carbocycles. The highest BCUT2D eigenvalue weighted by Gasteiger charge is 2.20. The van der Waals surface area contributed by atoms with E-state index in [4.69, 9.17) is 5.11 Å². The van der Waals surface area contributed by atoms with Crippen molar-refractivity contribution in [2.45, 2.75) is 25.9 Å². The Morgan fingerprint density at radius 1 is 1.45 bits per heavy atom. The summed E-state index contributed by atoms with van der Waals surface area (Å²) in [4.78, 5) is 23.3. The smallest absolute Gasteiger partial charge is 0.305 e. The van der Waals surface area contributed by atoms with Crippen molar-refractivity contribution in [1.82, 2.24) is 15.1 Å². The molecule has 2 aromatic rings. The third-order valence-corrected chi connectivity index (χ3v) is 3.65. The predicted molar refractivity (Wildman–Crippen MR) is 84.5 cm³/mol. The average Bonchev–Trinajstić information content (AvgIpc) is 2.95. The highest BCUT2D eigenvalue weighted by atomic mass is 79.9. The van der Waals surface area contributed by atoms with E-state index < -0.39 is 12.0 Å². The standard InChI is InChI=1S/C15H16BrN3O3/c1-2-19-9-11(8-17-19)15(22)18-13(7-14(20)21)10-4-3-5-12(16)6-10/h3-6,8-9,13H,2,7H2,1H3,(H,18,22)(H,20,21). The van der Waals surface area contributed by atoms with Gasteiger partial charge in [0.2, 0.25) is 0 Å². The zero-order valence-corrected chi connectivity index (χ0v) is 13.6. The molecule has 0 aliphatic heterocycles. The lowest BCUT2D eigenvalue weighted by Crippen LogP contribution is -2.30. The van der Waals surface area contributed by atoms with Gasteiger partial charge in [-0.25, -0.2) is 0 Å². The third-order valence-electron chi connectivity index (χ3n) is 3.15. The van der Waals surface area contributed by atoms with Crippen LogP contribution >= 0.6 is 15.9 Å². The summed E-state index contributed by atoms with van der Waals surface area (Å²) in [5, 5.41) is 15.9. The number of aliphatic carboxylic acids is 1. The van der Waals surface area contributed by atoms with E-state index in [-0.39, 0.29) is 12.3 Å². The Hall–Kier alpha value is -2.15. The Bertz CT molecular complexity index is 684. The molecule has 2 N–H and O–H groups in total. The molecular formula is C15H16BrN3O3. The largest absolute Gasteiger partial charge is 0.481 e. The van der Waals surface area contributed by atoms with Crippen LogP contribution in [0.25, 0.3) is 0 Å². The van der Waals surface area contributed by atoms with Gasteiger partial charge in [-0.2, -0.15) is 5.10 Å². The van der Waals surface area contributed by atoms with Gasteiger partial charge in [0.05, 0.1) is 24.2 Å². The molecule has 0 bridgehead atoms. The van der Waals surface area contributed by atoms with Gasteiger partial charge in [-0.15, -0.1) is 0 Å². The summed E-state index contributed by atoms with van der Waals surface area (Å²) in [7, 11) is 0. The van der Waals surface area contributed by atoms with Crippen molar-refractivity contribution >= 4 is 27.8 Å². The van der Waals surface area contributed by atoms with Crippen LogP contribution in [0.15, 0.2) is 41.1 Å². The Morgan fingerprint density at radius 3 is 2.82 bits per heavy atom. The molecule has 1 aromatic carbocycles. The minimum Gasteiger partial charge on any atom is -0.481 e. The van der Waals surface area contributed by atoms with Crippen molar-refractivity contribution in [2.75, 3.05) is 0 Å². The monoisotopic (exact) mass is 365 g/mol. The Morgan fingerprint density at radius 2 is 2.23 bits per heavy atom. The van der Waals surface area contributed by atoms with Crippen LogP contribution in [0.4, 0.5) is 0 Å². The Balaban J connectivity index is 2.19. The second kappa shape index (κ2) is 7.22. The molecule has 0 fully saturated rings. The first-order chi connectivity index (χ1) is 10.5. The number of amides is 1. The molecule has 7 heteroatoms. The minimum absolute atomic E-state index is 0.190. The second-order valence-electron chi connectivity index (χ2n) is 4.76. The molecule has 22 heavy (non-hydrogen) atoms. The predicted octanol–water partition coefficient (Wildman–Crippen LogP) is 2.61. The number of rotatable bonds is 6. The Kier molecular flexibility index (Phi) is 5.32. The number of carbonyl (C=O) groups is 2. The van der Waals surface area contributed by atoms with E-state index in [0.717, 1.165) is 10.0 Å². The molecule has 1 amide bonds. The zero-order valence-electron chi connectivity index (χ0n) is 12.0. The van der Waals surface area contributed by atoms with Gasteiger partial charge in [-0.05, 0) is 24.6 Å². The summed E-state index contributed by atoms with van der Waals surface area (Å²) in [6.07, 6.45) is 2.91. The minimum atomic E-state index is -0.977. The fraction of sp³-hybridized carbons (Fsp3) is 0.267. The summed E-state index contributed by atoms with van der Waals surface area (Å²) in [5.41, 5.74) is 1.14. The highest BCUT2D eigenvalue weighted by molar-refractivity contribution is 9.10. The van der Waals surface area contributed by atoms with Crippen molar-refractivity contribution in [1.29, 1.82) is 0 Å². The van der Waals surface area contributed by atoms with E-state index >= 15 is 0 Å². The summed E-state index contributed by atoms with van der Waals surface area (Å²) in [6, 6.07) is 6.62. The van der Waals surface area contributed by atoms with Crippen LogP contribution in [0.1, 0.15) is 35.3 Å². The van der Waals surface area contributed by atoms with E-state index in [0.29, 0.717) is 12.1 Å². The maximum absolute atomic E-state index is 12.3. The van der Waals surface area contributed by atoms with Crippen molar-refractivity contribution in [2.24, 2.45) is 0 Å². The van der Waals surface area contributed by atoms with Gasteiger partial charge in [0.1, 0.15) is 0 Å². The first kappa shape index (κ1) is 16.2. The van der Waals surface area contributed by atoms with E-state index in [1.54, 1.807) is 29.1 Å². The van der Waals surface area contributed by atoms with Crippen molar-refractivity contribution < 1.29 is 14.7 Å². The third kappa shape index (κ3) is 4.17. The SMILES string of the molecule is CCn1cc(C(=O)NC(CC(=O)O)c2cccc(Br)c2)cn1. The topological polar surface area (TPSA) is 84.2 Å². The number of benzene rings is 1. The maximum Gasteiger partial charge on any atom is 0.305 e. The number of hydrogen-bond acceptors (Lipinski definition) is 3. The fourth-order valence-corrected chi connectivity index (χ4v) is 2.46. The lowest BCUT2D eigenvalue weighted by Gasteiger charge is -2.17. The summed E-state index contributed by atoms with van der Waals surface area (Å²) >= 11 is 3.35. The van der Waals surface area contributed by atoms with Gasteiger partial charge >= 0.3 is 5.97 Å². The van der Waals surface area contributed by atoms with Crippen LogP contribution in [0.5, 0.6) is 0 Å². The molecule has 1 unspecified atom stereocenters. The molecular weight excluding hydrogens is 350 g/mol. The van der Waals surface area contributed by atoms with Gasteiger partial charge in [0.15, 0.2) is 0 Å². The number of carbonyl (C=O) groups excluding carboxylic acids is 1. The lowest BCUT2D eigenvalue weighted by molar-refractivity contribution is -0.137. The number of carboxylic acids is 1. The van der Waals surface area contributed by atoms with Gasteiger partial charge in [0.25, 0.3) is 5.91 Å². The zero-order chi connectivity index (χ0) is 16.1. The fourth-order valence-electron chi connectivity index (χ4n) is 2.05. The number of nitrogens with zero attached hydrogens (tertiary/aromatic N) is 2. The molecule has 6 nitrogen and oxygen atoms in total. The Labute approximate surface area is 136 Å². The summed E-state index contributed by atoms with van der Waals surface area (Å²) in [5.74, 6) is -1.32. The number of carboxylic acid groups (broad SMARTS) is 1. The van der Waals surface area contributed by atoms with Gasteiger partial charge in [-0.3, -0.25) is 14.3 Å². The van der Waals surface area contributed by atoms with E-state index in [1.807, 2.05) is 13.0 Å². The van der Waals surface area contributed by atoms with Gasteiger partial charge in [0, 0.05) is 17.2 Å². The van der Waals surface area contributed by atoms with Crippen LogP contribution in [0, 0.1) is 0 Å². The van der Waals surface area contributed by atoms with Crippen molar-refractivity contribution in [3.63, 3.8) is 0 Å². The summed E-state index contributed by atoms with van der Waals surface area (Å²) < 4.78 is 2.47. The normalized spacial score (nSPS) is 11.9. The molecule has 1 heterocycles. The number of aryl methyl sites for hydroxylation is 1. The molecule has 0 spiro atoms. The van der Waals surface area contributed by atoms with Crippen LogP contribution in [-0.2, 0) is 11.3 Å². The number of nitrogens with one attached hydrogen (secondary N) is 1. The first-order valence-electron chi connectivity index (χ1n) is 6.80. The molecule has 0 radical (unpaired) electrons. The summed E-state index contributed by atoms with van der Waals surface area (Å²) in [6.45, 7) is 2.58. The van der Waals surface area contributed by atoms with Gasteiger partial charge in [-0.1, -0.05) is 28.1 Å². The molecule has 1 aromatic heterocycles. The van der Waals surface area contributed by atoms with E-state index in [1.165, 1.54) is 6.20 Å². The number of hydrogen-bond donors (Lipinski definition) is 2. The van der Waals surface area contributed by atoms with Crippen molar-refractivity contribution in [3.8, 4) is 0 Å². The molecule has 0 aliphatic carbocycles. The number of aromatic nitrogens is 2. The quantitative estimate of drug-likeness (QED) is 0.823. The second-order valence-corrected chi connectivity index (χ2v) is 5.68. The molecule has 116 valence electrons. The van der Waals surface area contributed by atoms with E-state index in [9.17, 15) is 9.59 Å². The molecule has 2 rings (SSSR count). The molecule has 0 saturated heterocycles. The van der Waals surface area contributed by atoms with Gasteiger partial charge < -0.3 is 10.4 Å². The maximum atomic E-state index is 12.3.